The van der Waals surface area contributed by atoms with Gasteiger partial charge in [-0.2, -0.15) is 0 Å². The Morgan fingerprint density at radius 3 is 2.79 bits per heavy atom. The summed E-state index contributed by atoms with van der Waals surface area (Å²) in [7, 11) is 0. The first-order chi connectivity index (χ1) is 15.9. The fourth-order valence-electron chi connectivity index (χ4n) is 5.74. The number of nitrogens with one attached hydrogen (secondary N) is 2. The molecule has 2 unspecified atom stereocenters. The van der Waals surface area contributed by atoms with E-state index in [2.05, 4.69) is 10.6 Å². The van der Waals surface area contributed by atoms with E-state index >= 15 is 0 Å². The van der Waals surface area contributed by atoms with E-state index in [0.717, 1.165) is 24.8 Å². The molecule has 2 bridgehead atoms. The number of carbonyl (C=O) groups excluding carboxylic acids is 3. The second-order valence-corrected chi connectivity index (χ2v) is 11.2. The highest BCUT2D eigenvalue weighted by Crippen LogP contribution is 2.66. The summed E-state index contributed by atoms with van der Waals surface area (Å²) in [6.45, 7) is 4.87. The second-order valence-electron chi connectivity index (χ2n) is 9.23. The molecule has 7 nitrogen and oxygen atoms in total. The summed E-state index contributed by atoms with van der Waals surface area (Å²) < 4.78 is -0.617. The maximum Gasteiger partial charge on any atom is 0.248 e. The van der Waals surface area contributed by atoms with Crippen LogP contribution in [-0.4, -0.2) is 63.5 Å². The minimum atomic E-state index is -0.677. The lowest BCUT2D eigenvalue weighted by atomic mass is 9.70. The van der Waals surface area contributed by atoms with Crippen LogP contribution < -0.4 is 10.6 Å². The molecule has 3 heterocycles. The van der Waals surface area contributed by atoms with Crippen molar-refractivity contribution in [2.45, 2.75) is 62.0 Å². The molecular weight excluding hydrogens is 462 g/mol. The molecule has 0 aromatic heterocycles. The Kier molecular flexibility index (Phi) is 7.26. The van der Waals surface area contributed by atoms with Gasteiger partial charge in [-0.15, -0.1) is 11.8 Å². The zero-order chi connectivity index (χ0) is 23.8. The number of rotatable bonds is 9. The topological polar surface area (TPSA) is 98.7 Å². The number of aryl methyl sites for hydroxylation is 1. The summed E-state index contributed by atoms with van der Waals surface area (Å²) in [6, 6.07) is 4.76. The van der Waals surface area contributed by atoms with E-state index in [9.17, 15) is 19.5 Å². The van der Waals surface area contributed by atoms with Crippen molar-refractivity contribution in [1.82, 2.24) is 10.2 Å². The van der Waals surface area contributed by atoms with Gasteiger partial charge in [0.1, 0.15) is 6.04 Å². The predicted octanol–water partition coefficient (Wildman–Crippen LogP) is 2.98. The Morgan fingerprint density at radius 2 is 2.09 bits per heavy atom. The first kappa shape index (κ1) is 24.4. The average molecular weight is 494 g/mol. The molecule has 0 radical (unpaired) electrons. The third-order valence-electron chi connectivity index (χ3n) is 7.18. The van der Waals surface area contributed by atoms with E-state index in [1.54, 1.807) is 22.7 Å². The molecule has 33 heavy (non-hydrogen) atoms. The number of unbranched alkanes of at least 4 members (excludes halogenated alkanes) is 1. The number of fused-ring (bicyclic) bond motifs is 1. The normalized spacial score (nSPS) is 29.9. The molecule has 180 valence electrons. The number of thioether (sulfide) groups is 1. The molecule has 4 rings (SSSR count). The molecule has 1 spiro atoms. The third-order valence-corrected chi connectivity index (χ3v) is 9.44. The molecule has 1 aromatic rings. The number of benzene rings is 1. The molecule has 0 aliphatic carbocycles. The molecule has 0 saturated carbocycles. The number of para-hydroxylation sites is 1. The van der Waals surface area contributed by atoms with Gasteiger partial charge in [-0.3, -0.25) is 14.4 Å². The highest BCUT2D eigenvalue weighted by atomic mass is 35.5. The zero-order valence-corrected chi connectivity index (χ0v) is 20.7. The van der Waals surface area contributed by atoms with Gasteiger partial charge in [-0.1, -0.05) is 30.7 Å². The Balaban J connectivity index is 1.67. The second kappa shape index (κ2) is 9.84. The number of halogens is 1. The number of carbonyl (C=O) groups is 3. The molecule has 3 aliphatic rings. The van der Waals surface area contributed by atoms with Crippen molar-refractivity contribution in [2.75, 3.05) is 25.0 Å². The quantitative estimate of drug-likeness (QED) is 0.459. The lowest BCUT2D eigenvalue weighted by Crippen LogP contribution is -2.52. The Labute approximate surface area is 204 Å². The van der Waals surface area contributed by atoms with Crippen LogP contribution in [0.5, 0.6) is 0 Å². The maximum atomic E-state index is 13.8. The molecule has 3 aliphatic heterocycles. The van der Waals surface area contributed by atoms with Gasteiger partial charge >= 0.3 is 0 Å². The van der Waals surface area contributed by atoms with Crippen LogP contribution in [0.25, 0.3) is 0 Å². The number of aliphatic hydroxyl groups is 1. The lowest BCUT2D eigenvalue weighted by molar-refractivity contribution is -0.139. The maximum absolute atomic E-state index is 13.8. The molecule has 3 amide bonds. The number of hydrogen-bond acceptors (Lipinski definition) is 5. The number of anilines is 1. The van der Waals surface area contributed by atoms with Crippen molar-refractivity contribution in [2.24, 2.45) is 11.8 Å². The SMILES string of the molecule is CCCNC(=O)[C@@H]1[C@@H]2CCC3(S2)C(C(=O)Nc2c(C)cccc2Cl)N(CCCCO)C(=O)[C@H]13. The minimum absolute atomic E-state index is 0.0329. The Morgan fingerprint density at radius 1 is 1.30 bits per heavy atom. The van der Waals surface area contributed by atoms with Crippen molar-refractivity contribution in [3.63, 3.8) is 0 Å². The van der Waals surface area contributed by atoms with Gasteiger partial charge in [0.05, 0.1) is 27.3 Å². The van der Waals surface area contributed by atoms with Gasteiger partial charge < -0.3 is 20.6 Å². The summed E-state index contributed by atoms with van der Waals surface area (Å²) >= 11 is 8.02. The van der Waals surface area contributed by atoms with E-state index < -0.39 is 22.6 Å². The van der Waals surface area contributed by atoms with Crippen molar-refractivity contribution in [3.05, 3.63) is 28.8 Å². The van der Waals surface area contributed by atoms with E-state index in [1.165, 1.54) is 0 Å². The van der Waals surface area contributed by atoms with E-state index in [0.29, 0.717) is 36.6 Å². The van der Waals surface area contributed by atoms with Crippen molar-refractivity contribution >= 4 is 46.8 Å². The predicted molar refractivity (Wildman–Crippen MR) is 130 cm³/mol. The van der Waals surface area contributed by atoms with Gasteiger partial charge in [0, 0.05) is 24.9 Å². The fraction of sp³-hybridized carbons (Fsp3) is 0.625. The smallest absolute Gasteiger partial charge is 0.248 e. The summed E-state index contributed by atoms with van der Waals surface area (Å²) in [6.07, 6.45) is 3.52. The first-order valence-corrected chi connectivity index (χ1v) is 13.0. The van der Waals surface area contributed by atoms with Gasteiger partial charge in [-0.05, 0) is 50.7 Å². The van der Waals surface area contributed by atoms with Crippen LogP contribution in [0.4, 0.5) is 5.69 Å². The van der Waals surface area contributed by atoms with Crippen LogP contribution in [-0.2, 0) is 14.4 Å². The Hall–Kier alpha value is -1.77. The van der Waals surface area contributed by atoms with Crippen molar-refractivity contribution in [1.29, 1.82) is 0 Å². The van der Waals surface area contributed by atoms with Crippen LogP contribution in [0, 0.1) is 18.8 Å². The highest BCUT2D eigenvalue weighted by molar-refractivity contribution is 8.02. The summed E-state index contributed by atoms with van der Waals surface area (Å²) in [5.41, 5.74) is 1.41. The zero-order valence-electron chi connectivity index (χ0n) is 19.1. The van der Waals surface area contributed by atoms with E-state index in [1.807, 2.05) is 26.0 Å². The van der Waals surface area contributed by atoms with Crippen LogP contribution >= 0.6 is 23.4 Å². The van der Waals surface area contributed by atoms with Crippen LogP contribution in [0.3, 0.4) is 0 Å². The third kappa shape index (κ3) is 4.15. The minimum Gasteiger partial charge on any atom is -0.396 e. The molecule has 3 N–H and O–H groups in total. The van der Waals surface area contributed by atoms with E-state index in [-0.39, 0.29) is 29.6 Å². The summed E-state index contributed by atoms with van der Waals surface area (Å²) in [5.74, 6) is -1.37. The molecular formula is C24H32ClN3O4S. The van der Waals surface area contributed by atoms with Gasteiger partial charge in [0.15, 0.2) is 0 Å². The van der Waals surface area contributed by atoms with Crippen molar-refractivity contribution < 1.29 is 19.5 Å². The van der Waals surface area contributed by atoms with Crippen LogP contribution in [0.15, 0.2) is 18.2 Å². The lowest BCUT2D eigenvalue weighted by Gasteiger charge is -2.34. The molecule has 9 heteroatoms. The monoisotopic (exact) mass is 493 g/mol. The van der Waals surface area contributed by atoms with Gasteiger partial charge in [0.25, 0.3) is 0 Å². The highest BCUT2D eigenvalue weighted by Gasteiger charge is 2.73. The van der Waals surface area contributed by atoms with E-state index in [4.69, 9.17) is 11.6 Å². The number of aliphatic hydroxyl groups excluding tert-OH is 1. The van der Waals surface area contributed by atoms with Crippen LogP contribution in [0.2, 0.25) is 5.02 Å². The largest absolute Gasteiger partial charge is 0.396 e. The molecule has 5 atom stereocenters. The van der Waals surface area contributed by atoms with Gasteiger partial charge in [-0.25, -0.2) is 0 Å². The number of likely N-dealkylation sites (tertiary alicyclic amines) is 1. The number of hydrogen-bond donors (Lipinski definition) is 3. The average Bonchev–Trinajstić information content (AvgIpc) is 3.42. The van der Waals surface area contributed by atoms with Gasteiger partial charge in [0.2, 0.25) is 17.7 Å². The number of nitrogens with zero attached hydrogens (tertiary/aromatic N) is 1. The standard InChI is InChI=1S/C24H32ClN3O4S/c1-3-11-26-21(30)17-16-9-10-24(33-16)18(17)23(32)28(12-4-5-13-29)20(24)22(31)27-19-14(2)7-6-8-15(19)25/h6-8,16-18,20,29H,3-5,9-13H2,1-2H3,(H,26,30)(H,27,31)/t16-,17+,18-,20?,24?/m0/s1. The van der Waals surface area contributed by atoms with Crippen LogP contribution in [0.1, 0.15) is 44.6 Å². The molecule has 3 fully saturated rings. The molecule has 3 saturated heterocycles. The Bertz CT molecular complexity index is 924. The fourth-order valence-corrected chi connectivity index (χ4v) is 8.22. The van der Waals surface area contributed by atoms with Crippen molar-refractivity contribution in [3.8, 4) is 0 Å². The summed E-state index contributed by atoms with van der Waals surface area (Å²) in [4.78, 5) is 42.2. The first-order valence-electron chi connectivity index (χ1n) is 11.8. The number of amides is 3. The molecule has 1 aromatic carbocycles. The summed E-state index contributed by atoms with van der Waals surface area (Å²) in [5, 5.41) is 15.7.